The molecule has 1 fully saturated rings. The molecule has 0 N–H and O–H groups in total. The highest BCUT2D eigenvalue weighted by atomic mass is 16.5. The third-order valence-corrected chi connectivity index (χ3v) is 4.58. The zero-order chi connectivity index (χ0) is 17.5. The molecule has 132 valence electrons. The van der Waals surface area contributed by atoms with E-state index in [1.54, 1.807) is 31.6 Å². The van der Waals surface area contributed by atoms with Gasteiger partial charge in [0.15, 0.2) is 0 Å². The molecule has 25 heavy (non-hydrogen) atoms. The summed E-state index contributed by atoms with van der Waals surface area (Å²) in [7, 11) is 1.67. The van der Waals surface area contributed by atoms with Crippen LogP contribution in [0.1, 0.15) is 22.3 Å². The van der Waals surface area contributed by atoms with Crippen LogP contribution in [0.5, 0.6) is 0 Å². The minimum Gasteiger partial charge on any atom is -0.382 e. The molecular weight excluding hydrogens is 316 g/mol. The van der Waals surface area contributed by atoms with Gasteiger partial charge in [0.25, 0.3) is 5.91 Å². The fourth-order valence-corrected chi connectivity index (χ4v) is 3.31. The van der Waals surface area contributed by atoms with E-state index in [2.05, 4.69) is 17.1 Å². The summed E-state index contributed by atoms with van der Waals surface area (Å²) in [5, 5.41) is 0. The van der Waals surface area contributed by atoms with Gasteiger partial charge in [0.05, 0.1) is 25.4 Å². The predicted molar refractivity (Wildman–Crippen MR) is 95.4 cm³/mol. The number of hydrogen-bond acceptors (Lipinski definition) is 4. The number of benzene rings is 1. The first kappa shape index (κ1) is 17.6. The van der Waals surface area contributed by atoms with Gasteiger partial charge < -0.3 is 14.4 Å². The van der Waals surface area contributed by atoms with Crippen molar-refractivity contribution in [3.8, 4) is 0 Å². The maximum absolute atomic E-state index is 12.9. The van der Waals surface area contributed by atoms with E-state index in [4.69, 9.17) is 9.47 Å². The molecule has 0 spiro atoms. The highest BCUT2D eigenvalue weighted by Crippen LogP contribution is 2.26. The van der Waals surface area contributed by atoms with E-state index in [9.17, 15) is 4.79 Å². The maximum Gasteiger partial charge on any atom is 0.254 e. The Morgan fingerprint density at radius 3 is 2.64 bits per heavy atom. The summed E-state index contributed by atoms with van der Waals surface area (Å²) < 4.78 is 11.1. The molecule has 0 radical (unpaired) electrons. The minimum atomic E-state index is 0.0277. The van der Waals surface area contributed by atoms with Gasteiger partial charge >= 0.3 is 0 Å². The number of hydrogen-bond donors (Lipinski definition) is 0. The number of pyridine rings is 1. The number of aromatic nitrogens is 1. The molecule has 1 aromatic heterocycles. The first-order chi connectivity index (χ1) is 12.3. The molecule has 2 aromatic rings. The molecule has 2 heterocycles. The lowest BCUT2D eigenvalue weighted by molar-refractivity contribution is 0.000494. The summed E-state index contributed by atoms with van der Waals surface area (Å²) in [5.41, 5.74) is 1.88. The number of ether oxygens (including phenoxy) is 2. The topological polar surface area (TPSA) is 51.7 Å². The van der Waals surface area contributed by atoms with Gasteiger partial charge in [-0.2, -0.15) is 0 Å². The number of carbonyl (C=O) groups excluding carboxylic acids is 1. The molecule has 1 saturated heterocycles. The lowest BCUT2D eigenvalue weighted by atomic mass is 10.0. The fourth-order valence-electron chi connectivity index (χ4n) is 3.31. The zero-order valence-corrected chi connectivity index (χ0v) is 14.5. The van der Waals surface area contributed by atoms with Gasteiger partial charge in [-0.25, -0.2) is 0 Å². The van der Waals surface area contributed by atoms with Gasteiger partial charge in [0, 0.05) is 31.6 Å². The Bertz CT molecular complexity index is 663. The fraction of sp³-hybridized carbons (Fsp3) is 0.400. The Morgan fingerprint density at radius 2 is 1.92 bits per heavy atom. The average Bonchev–Trinajstić information content (AvgIpc) is 3.05. The molecular formula is C20H24N2O3. The van der Waals surface area contributed by atoms with Crippen LogP contribution in [-0.4, -0.2) is 54.8 Å². The monoisotopic (exact) mass is 340 g/mol. The number of rotatable bonds is 7. The molecule has 5 nitrogen and oxygen atoms in total. The Labute approximate surface area is 148 Å². The second kappa shape index (κ2) is 8.74. The zero-order valence-electron chi connectivity index (χ0n) is 14.5. The Morgan fingerprint density at radius 1 is 1.16 bits per heavy atom. The molecule has 3 rings (SSSR count). The molecule has 1 aliphatic rings. The first-order valence-corrected chi connectivity index (χ1v) is 8.65. The first-order valence-electron chi connectivity index (χ1n) is 8.65. The van der Waals surface area contributed by atoms with E-state index in [0.717, 1.165) is 12.8 Å². The van der Waals surface area contributed by atoms with Crippen LogP contribution in [0.3, 0.4) is 0 Å². The van der Waals surface area contributed by atoms with Gasteiger partial charge in [-0.05, 0) is 30.5 Å². The third kappa shape index (κ3) is 4.44. The van der Waals surface area contributed by atoms with Gasteiger partial charge in [0.1, 0.15) is 0 Å². The number of amides is 1. The largest absolute Gasteiger partial charge is 0.382 e. The Balaban J connectivity index is 1.77. The normalized spacial score (nSPS) is 20.0. The molecule has 1 amide bonds. The summed E-state index contributed by atoms with van der Waals surface area (Å²) in [6.45, 7) is 1.81. The van der Waals surface area contributed by atoms with Crippen LogP contribution in [-0.2, 0) is 15.9 Å². The molecule has 1 aromatic carbocycles. The molecule has 2 atom stereocenters. The van der Waals surface area contributed by atoms with E-state index in [0.29, 0.717) is 25.3 Å². The Kier molecular flexibility index (Phi) is 6.14. The van der Waals surface area contributed by atoms with Crippen molar-refractivity contribution < 1.29 is 14.3 Å². The lowest BCUT2D eigenvalue weighted by Crippen LogP contribution is -2.42. The quantitative estimate of drug-likeness (QED) is 0.727. The molecule has 5 heteroatoms. The van der Waals surface area contributed by atoms with Gasteiger partial charge in [0.2, 0.25) is 0 Å². The summed E-state index contributed by atoms with van der Waals surface area (Å²) in [5.74, 6) is 0.0428. The van der Waals surface area contributed by atoms with Crippen LogP contribution in [0.15, 0.2) is 54.9 Å². The molecule has 0 bridgehead atoms. The molecule has 1 aliphatic heterocycles. The maximum atomic E-state index is 12.9. The van der Waals surface area contributed by atoms with Crippen molar-refractivity contribution in [3.05, 3.63) is 66.0 Å². The molecule has 0 aliphatic carbocycles. The second-order valence-corrected chi connectivity index (χ2v) is 6.18. The minimum absolute atomic E-state index is 0.0277. The summed E-state index contributed by atoms with van der Waals surface area (Å²) >= 11 is 0. The highest BCUT2D eigenvalue weighted by molar-refractivity contribution is 5.94. The molecule has 0 unspecified atom stereocenters. The standard InChI is InChI=1S/C20H24N2O3/c1-24-13-14-25-19-9-12-22(20(23)17-7-10-21-11-8-17)18(19)15-16-5-3-2-4-6-16/h2-8,10-11,18-19H,9,12-15H2,1H3/t18-,19+/m0/s1. The van der Waals surface area contributed by atoms with Crippen LogP contribution >= 0.6 is 0 Å². The van der Waals surface area contributed by atoms with E-state index in [1.165, 1.54) is 5.56 Å². The highest BCUT2D eigenvalue weighted by Gasteiger charge is 2.38. The van der Waals surface area contributed by atoms with E-state index in [1.807, 2.05) is 23.1 Å². The van der Waals surface area contributed by atoms with Crippen LogP contribution in [0.2, 0.25) is 0 Å². The SMILES string of the molecule is COCCO[C@@H]1CCN(C(=O)c2ccncc2)[C@H]1Cc1ccccc1. The molecule has 0 saturated carbocycles. The van der Waals surface area contributed by atoms with Gasteiger partial charge in [-0.1, -0.05) is 30.3 Å². The van der Waals surface area contributed by atoms with Crippen molar-refractivity contribution in [1.29, 1.82) is 0 Å². The van der Waals surface area contributed by atoms with E-state index in [-0.39, 0.29) is 18.1 Å². The van der Waals surface area contributed by atoms with Crippen molar-refractivity contribution in [2.24, 2.45) is 0 Å². The Hall–Kier alpha value is -2.24. The average molecular weight is 340 g/mol. The second-order valence-electron chi connectivity index (χ2n) is 6.18. The lowest BCUT2D eigenvalue weighted by Gasteiger charge is -2.28. The van der Waals surface area contributed by atoms with Crippen molar-refractivity contribution in [2.75, 3.05) is 26.9 Å². The van der Waals surface area contributed by atoms with E-state index >= 15 is 0 Å². The van der Waals surface area contributed by atoms with E-state index < -0.39 is 0 Å². The predicted octanol–water partition coefficient (Wildman–Crippen LogP) is 2.57. The van der Waals surface area contributed by atoms with Crippen molar-refractivity contribution in [2.45, 2.75) is 25.0 Å². The number of carbonyl (C=O) groups is 1. The van der Waals surface area contributed by atoms with Crippen molar-refractivity contribution in [1.82, 2.24) is 9.88 Å². The van der Waals surface area contributed by atoms with Crippen LogP contribution in [0.25, 0.3) is 0 Å². The number of nitrogens with zero attached hydrogens (tertiary/aromatic N) is 2. The van der Waals surface area contributed by atoms with Crippen LogP contribution in [0.4, 0.5) is 0 Å². The van der Waals surface area contributed by atoms with Gasteiger partial charge in [-0.15, -0.1) is 0 Å². The van der Waals surface area contributed by atoms with Crippen molar-refractivity contribution in [3.63, 3.8) is 0 Å². The number of methoxy groups -OCH3 is 1. The summed E-state index contributed by atoms with van der Waals surface area (Å²) in [6.07, 6.45) is 4.97. The van der Waals surface area contributed by atoms with Crippen LogP contribution < -0.4 is 0 Å². The third-order valence-electron chi connectivity index (χ3n) is 4.58. The number of likely N-dealkylation sites (tertiary alicyclic amines) is 1. The summed E-state index contributed by atoms with van der Waals surface area (Å²) in [6, 6.07) is 13.8. The van der Waals surface area contributed by atoms with Crippen molar-refractivity contribution >= 4 is 5.91 Å². The van der Waals surface area contributed by atoms with Gasteiger partial charge in [-0.3, -0.25) is 9.78 Å². The summed E-state index contributed by atoms with van der Waals surface area (Å²) in [4.78, 5) is 18.9. The smallest absolute Gasteiger partial charge is 0.254 e. The van der Waals surface area contributed by atoms with Crippen LogP contribution in [0, 0.1) is 0 Å².